The van der Waals surface area contributed by atoms with E-state index in [9.17, 15) is 4.79 Å². The molecular weight excluding hydrogens is 298 g/mol. The summed E-state index contributed by atoms with van der Waals surface area (Å²) in [4.78, 5) is 20.6. The Morgan fingerprint density at radius 3 is 2.83 bits per heavy atom. The van der Waals surface area contributed by atoms with Crippen molar-refractivity contribution in [1.82, 2.24) is 20.4 Å². The molecule has 23 heavy (non-hydrogen) atoms. The zero-order chi connectivity index (χ0) is 16.1. The Morgan fingerprint density at radius 2 is 2.17 bits per heavy atom. The minimum Gasteiger partial charge on any atom is -0.381 e. The molecule has 8 nitrogen and oxygen atoms in total. The smallest absolute Gasteiger partial charge is 0.321 e. The number of nitrogens with one attached hydrogen (secondary N) is 2. The molecule has 2 aromatic rings. The van der Waals surface area contributed by atoms with Crippen LogP contribution in [0, 0.1) is 12.8 Å². The van der Waals surface area contributed by atoms with Gasteiger partial charge in [-0.2, -0.15) is 4.98 Å². The molecule has 0 unspecified atom stereocenters. The van der Waals surface area contributed by atoms with Gasteiger partial charge in [0, 0.05) is 19.4 Å². The second-order valence-electron chi connectivity index (χ2n) is 5.42. The monoisotopic (exact) mass is 317 g/mol. The molecule has 0 saturated carbocycles. The molecule has 2 N–H and O–H groups in total. The average Bonchev–Trinajstić information content (AvgIpc) is 3.00. The van der Waals surface area contributed by atoms with Gasteiger partial charge in [0.2, 0.25) is 5.89 Å². The summed E-state index contributed by atoms with van der Waals surface area (Å²) in [6, 6.07) is 4.62. The molecule has 2 aromatic heterocycles. The lowest BCUT2D eigenvalue weighted by atomic mass is 9.91. The molecule has 1 saturated heterocycles. The summed E-state index contributed by atoms with van der Waals surface area (Å²) < 4.78 is 10.7. The van der Waals surface area contributed by atoms with Gasteiger partial charge in [-0.1, -0.05) is 11.2 Å². The number of anilines is 1. The quantitative estimate of drug-likeness (QED) is 0.895. The zero-order valence-corrected chi connectivity index (χ0v) is 12.9. The van der Waals surface area contributed by atoms with Crippen LogP contribution in [0.2, 0.25) is 0 Å². The zero-order valence-electron chi connectivity index (χ0n) is 12.9. The Kier molecular flexibility index (Phi) is 4.82. The standard InChI is InChI=1S/C15H19N5O3/c1-10-17-14(23-20-10)13(11-5-8-22-9-6-11)19-15(21)18-12-4-2-3-7-16-12/h2-4,7,11,13H,5-6,8-9H2,1H3,(H2,16,18,19,21)/t13-/m1/s1. The highest BCUT2D eigenvalue weighted by molar-refractivity contribution is 5.88. The number of ether oxygens (including phenoxy) is 1. The van der Waals surface area contributed by atoms with E-state index < -0.39 is 0 Å². The van der Waals surface area contributed by atoms with Crippen LogP contribution in [-0.4, -0.2) is 34.4 Å². The number of nitrogens with zero attached hydrogens (tertiary/aromatic N) is 3. The van der Waals surface area contributed by atoms with E-state index in [2.05, 4.69) is 25.8 Å². The maximum absolute atomic E-state index is 12.3. The van der Waals surface area contributed by atoms with Crippen molar-refractivity contribution in [2.45, 2.75) is 25.8 Å². The fraction of sp³-hybridized carbons (Fsp3) is 0.467. The van der Waals surface area contributed by atoms with Crippen LogP contribution in [0.1, 0.15) is 30.6 Å². The van der Waals surface area contributed by atoms with E-state index in [4.69, 9.17) is 9.26 Å². The van der Waals surface area contributed by atoms with E-state index >= 15 is 0 Å². The van der Waals surface area contributed by atoms with Gasteiger partial charge >= 0.3 is 6.03 Å². The molecule has 2 amide bonds. The molecule has 0 aromatic carbocycles. The Hall–Kier alpha value is -2.48. The molecule has 0 radical (unpaired) electrons. The predicted octanol–water partition coefficient (Wildman–Crippen LogP) is 2.06. The number of carbonyl (C=O) groups is 1. The third kappa shape index (κ3) is 4.04. The second-order valence-corrected chi connectivity index (χ2v) is 5.42. The summed E-state index contributed by atoms with van der Waals surface area (Å²) in [6.07, 6.45) is 3.28. The number of hydrogen-bond donors (Lipinski definition) is 2. The van der Waals surface area contributed by atoms with Crippen molar-refractivity contribution in [2.75, 3.05) is 18.5 Å². The van der Waals surface area contributed by atoms with Crippen LogP contribution in [0.3, 0.4) is 0 Å². The van der Waals surface area contributed by atoms with Gasteiger partial charge in [0.1, 0.15) is 11.9 Å². The first kappa shape index (κ1) is 15.4. The first-order valence-electron chi connectivity index (χ1n) is 7.59. The molecule has 3 rings (SSSR count). The van der Waals surface area contributed by atoms with Crippen LogP contribution in [-0.2, 0) is 4.74 Å². The molecule has 1 aliphatic heterocycles. The van der Waals surface area contributed by atoms with Gasteiger partial charge < -0.3 is 14.6 Å². The van der Waals surface area contributed by atoms with Gasteiger partial charge in [-0.3, -0.25) is 5.32 Å². The van der Waals surface area contributed by atoms with Gasteiger partial charge in [-0.05, 0) is 37.8 Å². The molecule has 1 fully saturated rings. The number of urea groups is 1. The van der Waals surface area contributed by atoms with Crippen molar-refractivity contribution in [3.05, 3.63) is 36.1 Å². The number of amides is 2. The number of hydrogen-bond acceptors (Lipinski definition) is 6. The fourth-order valence-electron chi connectivity index (χ4n) is 2.60. The Balaban J connectivity index is 1.71. The third-order valence-electron chi connectivity index (χ3n) is 3.74. The van der Waals surface area contributed by atoms with Crippen molar-refractivity contribution in [3.63, 3.8) is 0 Å². The lowest BCUT2D eigenvalue weighted by Crippen LogP contribution is -2.38. The molecule has 3 heterocycles. The van der Waals surface area contributed by atoms with E-state index in [0.29, 0.717) is 30.7 Å². The maximum Gasteiger partial charge on any atom is 0.321 e. The van der Waals surface area contributed by atoms with Gasteiger partial charge in [-0.25, -0.2) is 9.78 Å². The number of aromatic nitrogens is 3. The van der Waals surface area contributed by atoms with Crippen molar-refractivity contribution in [3.8, 4) is 0 Å². The molecule has 0 aliphatic carbocycles. The Labute approximate surface area is 133 Å². The number of rotatable bonds is 4. The molecule has 122 valence electrons. The second kappa shape index (κ2) is 7.19. The van der Waals surface area contributed by atoms with E-state index in [1.165, 1.54) is 0 Å². The summed E-state index contributed by atoms with van der Waals surface area (Å²) in [6.45, 7) is 3.08. The summed E-state index contributed by atoms with van der Waals surface area (Å²) in [7, 11) is 0. The normalized spacial score (nSPS) is 16.7. The minimum atomic E-state index is -0.351. The van der Waals surface area contributed by atoms with Crippen LogP contribution in [0.15, 0.2) is 28.9 Å². The topological polar surface area (TPSA) is 102 Å². The van der Waals surface area contributed by atoms with E-state index in [0.717, 1.165) is 12.8 Å². The van der Waals surface area contributed by atoms with Gasteiger partial charge in [-0.15, -0.1) is 0 Å². The van der Waals surface area contributed by atoms with Gasteiger partial charge in [0.05, 0.1) is 0 Å². The molecule has 0 spiro atoms. The predicted molar refractivity (Wildman–Crippen MR) is 81.7 cm³/mol. The molecule has 1 aliphatic rings. The van der Waals surface area contributed by atoms with Crippen molar-refractivity contribution >= 4 is 11.8 Å². The van der Waals surface area contributed by atoms with Crippen molar-refractivity contribution < 1.29 is 14.1 Å². The SMILES string of the molecule is Cc1noc([C@H](NC(=O)Nc2ccccn2)C2CCOCC2)n1. The first-order chi connectivity index (χ1) is 11.2. The largest absolute Gasteiger partial charge is 0.381 e. The highest BCUT2D eigenvalue weighted by atomic mass is 16.5. The molecular formula is C15H19N5O3. The first-order valence-corrected chi connectivity index (χ1v) is 7.59. The highest BCUT2D eigenvalue weighted by Crippen LogP contribution is 2.29. The number of pyridine rings is 1. The van der Waals surface area contributed by atoms with Gasteiger partial charge in [0.25, 0.3) is 0 Å². The minimum absolute atomic E-state index is 0.193. The van der Waals surface area contributed by atoms with Crippen molar-refractivity contribution in [2.24, 2.45) is 5.92 Å². The van der Waals surface area contributed by atoms with Crippen LogP contribution in [0.25, 0.3) is 0 Å². The summed E-state index contributed by atoms with van der Waals surface area (Å²) >= 11 is 0. The maximum atomic E-state index is 12.3. The number of carbonyl (C=O) groups excluding carboxylic acids is 1. The molecule has 0 bridgehead atoms. The van der Waals surface area contributed by atoms with Crippen molar-refractivity contribution in [1.29, 1.82) is 0 Å². The van der Waals surface area contributed by atoms with Crippen LogP contribution in [0.4, 0.5) is 10.6 Å². The van der Waals surface area contributed by atoms with Gasteiger partial charge in [0.15, 0.2) is 5.82 Å². The van der Waals surface area contributed by atoms with E-state index in [1.54, 1.807) is 31.3 Å². The highest BCUT2D eigenvalue weighted by Gasteiger charge is 2.31. The Bertz CT molecular complexity index is 640. The third-order valence-corrected chi connectivity index (χ3v) is 3.74. The lowest BCUT2D eigenvalue weighted by molar-refractivity contribution is 0.0506. The van der Waals surface area contributed by atoms with Crippen LogP contribution < -0.4 is 10.6 Å². The Morgan fingerprint density at radius 1 is 1.35 bits per heavy atom. The number of aryl methyl sites for hydroxylation is 1. The summed E-state index contributed by atoms with van der Waals surface area (Å²) in [5.41, 5.74) is 0. The molecule has 8 heteroatoms. The summed E-state index contributed by atoms with van der Waals surface area (Å²) in [5, 5.41) is 9.45. The summed E-state index contributed by atoms with van der Waals surface area (Å²) in [5.74, 6) is 1.64. The lowest BCUT2D eigenvalue weighted by Gasteiger charge is -2.28. The van der Waals surface area contributed by atoms with E-state index in [-0.39, 0.29) is 18.0 Å². The van der Waals surface area contributed by atoms with E-state index in [1.807, 2.05) is 0 Å². The van der Waals surface area contributed by atoms with Crippen LogP contribution in [0.5, 0.6) is 0 Å². The van der Waals surface area contributed by atoms with Crippen LogP contribution >= 0.6 is 0 Å². The fourth-order valence-corrected chi connectivity index (χ4v) is 2.60. The molecule has 1 atom stereocenters. The average molecular weight is 317 g/mol.